The molecular formula is C18H28ClFN2O. The Hall–Kier alpha value is -0.840. The molecule has 1 fully saturated rings. The second kappa shape index (κ2) is 8.86. The van der Waals surface area contributed by atoms with Crippen LogP contribution in [-0.2, 0) is 0 Å². The van der Waals surface area contributed by atoms with Crippen LogP contribution in [0.5, 0.6) is 5.75 Å². The molecule has 1 aliphatic rings. The summed E-state index contributed by atoms with van der Waals surface area (Å²) in [5, 5.41) is 3.74. The van der Waals surface area contributed by atoms with Crippen molar-refractivity contribution in [1.29, 1.82) is 0 Å². The molecule has 0 spiro atoms. The lowest BCUT2D eigenvalue weighted by molar-refractivity contribution is 0.159. The number of benzene rings is 1. The zero-order valence-corrected chi connectivity index (χ0v) is 15.1. The first-order valence-corrected chi connectivity index (χ1v) is 8.97. The molecule has 1 aromatic rings. The van der Waals surface area contributed by atoms with E-state index in [-0.39, 0.29) is 17.6 Å². The fraction of sp³-hybridized carbons (Fsp3) is 0.667. The molecule has 23 heavy (non-hydrogen) atoms. The Bertz CT molecular complexity index is 481. The van der Waals surface area contributed by atoms with Crippen LogP contribution in [0.15, 0.2) is 12.1 Å². The lowest BCUT2D eigenvalue weighted by Crippen LogP contribution is -2.45. The van der Waals surface area contributed by atoms with E-state index >= 15 is 0 Å². The Morgan fingerprint density at radius 3 is 2.52 bits per heavy atom. The van der Waals surface area contributed by atoms with Gasteiger partial charge in [0.15, 0.2) is 11.6 Å². The average molecular weight is 343 g/mol. The third-order valence-electron chi connectivity index (χ3n) is 4.30. The van der Waals surface area contributed by atoms with E-state index in [0.717, 1.165) is 44.6 Å². The van der Waals surface area contributed by atoms with Gasteiger partial charge in [-0.2, -0.15) is 0 Å². The van der Waals surface area contributed by atoms with E-state index in [1.54, 1.807) is 6.07 Å². The number of nitrogens with one attached hydrogen (secondary N) is 1. The molecule has 0 amide bonds. The van der Waals surface area contributed by atoms with Crippen LogP contribution in [0.25, 0.3) is 0 Å². The minimum absolute atomic E-state index is 0.167. The highest BCUT2D eigenvalue weighted by atomic mass is 35.5. The third kappa shape index (κ3) is 5.07. The van der Waals surface area contributed by atoms with Crippen LogP contribution in [0.3, 0.4) is 0 Å². The molecule has 0 bridgehead atoms. The Kier molecular flexibility index (Phi) is 7.12. The van der Waals surface area contributed by atoms with Gasteiger partial charge in [0.05, 0.1) is 11.6 Å². The largest absolute Gasteiger partial charge is 0.489 e. The van der Waals surface area contributed by atoms with Gasteiger partial charge in [-0.1, -0.05) is 25.4 Å². The van der Waals surface area contributed by atoms with Crippen LogP contribution < -0.4 is 10.1 Å². The van der Waals surface area contributed by atoms with Gasteiger partial charge in [0.25, 0.3) is 0 Å². The standard InChI is InChI=1S/C18H28ClFN2O/c1-4-23-18-15(19)11-14(12-16(18)20)17(6-5-13(2)3)22-9-7-21-8-10-22/h11-13,17,21H,4-10H2,1-3H3/t17-/m1/s1. The summed E-state index contributed by atoms with van der Waals surface area (Å²) in [6.45, 7) is 10.6. The number of hydrogen-bond acceptors (Lipinski definition) is 3. The summed E-state index contributed by atoms with van der Waals surface area (Å²) in [4.78, 5) is 2.43. The highest BCUT2D eigenvalue weighted by Gasteiger charge is 2.24. The maximum absolute atomic E-state index is 14.4. The molecule has 130 valence electrons. The molecule has 1 saturated heterocycles. The maximum atomic E-state index is 14.4. The van der Waals surface area contributed by atoms with Crippen molar-refractivity contribution in [3.8, 4) is 5.75 Å². The molecule has 0 unspecified atom stereocenters. The normalized spacial score (nSPS) is 17.5. The molecule has 1 heterocycles. The van der Waals surface area contributed by atoms with Crippen molar-refractivity contribution in [3.63, 3.8) is 0 Å². The molecular weight excluding hydrogens is 315 g/mol. The van der Waals surface area contributed by atoms with E-state index in [2.05, 4.69) is 24.1 Å². The van der Waals surface area contributed by atoms with E-state index in [9.17, 15) is 4.39 Å². The van der Waals surface area contributed by atoms with Gasteiger partial charge in [0.2, 0.25) is 0 Å². The number of halogens is 2. The van der Waals surface area contributed by atoms with Crippen molar-refractivity contribution < 1.29 is 9.13 Å². The molecule has 0 aliphatic carbocycles. The predicted molar refractivity (Wildman–Crippen MR) is 93.8 cm³/mol. The first-order chi connectivity index (χ1) is 11.0. The molecule has 5 heteroatoms. The fourth-order valence-electron chi connectivity index (χ4n) is 3.10. The van der Waals surface area contributed by atoms with Crippen LogP contribution in [0, 0.1) is 11.7 Å². The lowest BCUT2D eigenvalue weighted by atomic mass is 9.95. The Morgan fingerprint density at radius 1 is 1.26 bits per heavy atom. The Balaban J connectivity index is 2.26. The van der Waals surface area contributed by atoms with Gasteiger partial charge in [0, 0.05) is 32.2 Å². The van der Waals surface area contributed by atoms with Crippen LogP contribution in [0.1, 0.15) is 45.2 Å². The van der Waals surface area contributed by atoms with E-state index in [1.807, 2.05) is 13.0 Å². The SMILES string of the molecule is CCOc1c(F)cc([C@@H](CCC(C)C)N2CCNCC2)cc1Cl. The summed E-state index contributed by atoms with van der Waals surface area (Å²) in [7, 11) is 0. The number of rotatable bonds is 7. The molecule has 1 atom stereocenters. The van der Waals surface area contributed by atoms with E-state index in [4.69, 9.17) is 16.3 Å². The summed E-state index contributed by atoms with van der Waals surface area (Å²) in [5.74, 6) is 0.434. The van der Waals surface area contributed by atoms with Gasteiger partial charge >= 0.3 is 0 Å². The molecule has 0 radical (unpaired) electrons. The van der Waals surface area contributed by atoms with Crippen molar-refractivity contribution in [1.82, 2.24) is 10.2 Å². The second-order valence-corrected chi connectivity index (χ2v) is 6.93. The van der Waals surface area contributed by atoms with E-state index in [1.165, 1.54) is 0 Å². The second-order valence-electron chi connectivity index (χ2n) is 6.52. The monoisotopic (exact) mass is 342 g/mol. The van der Waals surface area contributed by atoms with Crippen molar-refractivity contribution in [2.75, 3.05) is 32.8 Å². The summed E-state index contributed by atoms with van der Waals surface area (Å²) in [6, 6.07) is 3.69. The van der Waals surface area contributed by atoms with Crippen molar-refractivity contribution in [2.24, 2.45) is 5.92 Å². The number of hydrogen-bond donors (Lipinski definition) is 1. The van der Waals surface area contributed by atoms with Crippen LogP contribution in [0.4, 0.5) is 4.39 Å². The van der Waals surface area contributed by atoms with Gasteiger partial charge in [-0.3, -0.25) is 4.90 Å². The number of nitrogens with zero attached hydrogens (tertiary/aromatic N) is 1. The summed E-state index contributed by atoms with van der Waals surface area (Å²) < 4.78 is 19.7. The molecule has 0 aromatic heterocycles. The van der Waals surface area contributed by atoms with E-state index in [0.29, 0.717) is 17.5 Å². The molecule has 3 nitrogen and oxygen atoms in total. The van der Waals surface area contributed by atoms with Crippen molar-refractivity contribution in [3.05, 3.63) is 28.5 Å². The molecule has 1 aliphatic heterocycles. The molecule has 0 saturated carbocycles. The fourth-order valence-corrected chi connectivity index (χ4v) is 3.37. The summed E-state index contributed by atoms with van der Waals surface area (Å²) in [6.07, 6.45) is 2.13. The highest BCUT2D eigenvalue weighted by molar-refractivity contribution is 6.32. The van der Waals surface area contributed by atoms with Gasteiger partial charge in [0.1, 0.15) is 0 Å². The zero-order valence-electron chi connectivity index (χ0n) is 14.4. The Morgan fingerprint density at radius 2 is 1.96 bits per heavy atom. The van der Waals surface area contributed by atoms with Gasteiger partial charge in [-0.15, -0.1) is 0 Å². The average Bonchev–Trinajstić information content (AvgIpc) is 2.52. The quantitative estimate of drug-likeness (QED) is 0.801. The summed E-state index contributed by atoms with van der Waals surface area (Å²) >= 11 is 6.26. The van der Waals surface area contributed by atoms with Gasteiger partial charge < -0.3 is 10.1 Å². The van der Waals surface area contributed by atoms with Crippen LogP contribution in [0.2, 0.25) is 5.02 Å². The van der Waals surface area contributed by atoms with Crippen LogP contribution in [-0.4, -0.2) is 37.7 Å². The number of piperazine rings is 1. The number of ether oxygens (including phenoxy) is 1. The zero-order chi connectivity index (χ0) is 16.8. The highest BCUT2D eigenvalue weighted by Crippen LogP contribution is 2.35. The Labute approximate surface area is 144 Å². The molecule has 1 aromatic carbocycles. The maximum Gasteiger partial charge on any atom is 0.173 e. The van der Waals surface area contributed by atoms with Crippen molar-refractivity contribution >= 4 is 11.6 Å². The third-order valence-corrected chi connectivity index (χ3v) is 4.58. The molecule has 2 rings (SSSR count). The van der Waals surface area contributed by atoms with Crippen LogP contribution >= 0.6 is 11.6 Å². The van der Waals surface area contributed by atoms with Gasteiger partial charge in [-0.05, 0) is 43.4 Å². The summed E-state index contributed by atoms with van der Waals surface area (Å²) in [5.41, 5.74) is 0.957. The molecule has 1 N–H and O–H groups in total. The van der Waals surface area contributed by atoms with E-state index < -0.39 is 0 Å². The topological polar surface area (TPSA) is 24.5 Å². The first kappa shape index (κ1) is 18.5. The van der Waals surface area contributed by atoms with Crippen molar-refractivity contribution in [2.45, 2.75) is 39.7 Å². The minimum Gasteiger partial charge on any atom is -0.489 e. The minimum atomic E-state index is -0.362. The lowest BCUT2D eigenvalue weighted by Gasteiger charge is -2.36. The predicted octanol–water partition coefficient (Wildman–Crippen LogP) is 4.26. The van der Waals surface area contributed by atoms with Gasteiger partial charge in [-0.25, -0.2) is 4.39 Å². The smallest absolute Gasteiger partial charge is 0.173 e. The first-order valence-electron chi connectivity index (χ1n) is 8.59.